The Kier molecular flexibility index (Phi) is 7.81. The Hall–Kier alpha value is -5.06. The van der Waals surface area contributed by atoms with Crippen molar-refractivity contribution >= 4 is 40.3 Å². The number of nitrogens with one attached hydrogen (secondary N) is 2. The molecule has 2 aromatic carbocycles. The van der Waals surface area contributed by atoms with Crippen LogP contribution in [0, 0.1) is 0 Å². The van der Waals surface area contributed by atoms with E-state index in [1.165, 1.54) is 10.6 Å². The van der Waals surface area contributed by atoms with Gasteiger partial charge in [0.25, 0.3) is 11.5 Å². The summed E-state index contributed by atoms with van der Waals surface area (Å²) < 4.78 is 6.90. The Morgan fingerprint density at radius 1 is 1.07 bits per heavy atom. The molecule has 1 aliphatic rings. The molecule has 0 unspecified atom stereocenters. The predicted molar refractivity (Wildman–Crippen MR) is 152 cm³/mol. The average Bonchev–Trinajstić information content (AvgIpc) is 2.96. The van der Waals surface area contributed by atoms with Crippen molar-refractivity contribution in [3.8, 4) is 11.4 Å². The van der Waals surface area contributed by atoms with Crippen molar-refractivity contribution in [3.63, 3.8) is 0 Å². The Balaban J connectivity index is 1.59. The van der Waals surface area contributed by atoms with Crippen LogP contribution >= 0.6 is 0 Å². The zero-order valence-corrected chi connectivity index (χ0v) is 21.8. The summed E-state index contributed by atoms with van der Waals surface area (Å²) in [5.41, 5.74) is 7.86. The molecule has 2 amide bonds. The van der Waals surface area contributed by atoms with Gasteiger partial charge in [0, 0.05) is 23.4 Å². The number of primary amides is 1. The lowest BCUT2D eigenvalue weighted by Gasteiger charge is -2.22. The predicted octanol–water partition coefficient (Wildman–Crippen LogP) is 3.96. The van der Waals surface area contributed by atoms with E-state index in [2.05, 4.69) is 27.2 Å². The summed E-state index contributed by atoms with van der Waals surface area (Å²) in [7, 11) is 0. The number of benzene rings is 2. The number of carbonyl (C=O) groups is 2. The number of fused-ring (bicyclic) bond motifs is 1. The number of rotatable bonds is 9. The fourth-order valence-electron chi connectivity index (χ4n) is 4.80. The Labute approximate surface area is 230 Å². The molecule has 0 spiro atoms. The molecular weight excluding hydrogens is 510 g/mol. The molecule has 204 valence electrons. The number of aromatic nitrogens is 4. The number of anilines is 3. The highest BCUT2D eigenvalue weighted by molar-refractivity contribution is 5.99. The lowest BCUT2D eigenvalue weighted by Crippen LogP contribution is -2.28. The SMILES string of the molecule is C=CC(=O)Nc1cccc(-n2c(=O)c(C3CCCCC3)nc3cnc(Nc4cccc(OCC(N)=O)c4)nc32)c1. The first-order valence-electron chi connectivity index (χ1n) is 13.0. The second-order valence-electron chi connectivity index (χ2n) is 9.53. The highest BCUT2D eigenvalue weighted by Crippen LogP contribution is 2.31. The van der Waals surface area contributed by atoms with Gasteiger partial charge in [-0.25, -0.2) is 9.97 Å². The van der Waals surface area contributed by atoms with Gasteiger partial charge in [-0.15, -0.1) is 0 Å². The van der Waals surface area contributed by atoms with Gasteiger partial charge in [-0.1, -0.05) is 38.0 Å². The summed E-state index contributed by atoms with van der Waals surface area (Å²) in [6.45, 7) is 3.25. The van der Waals surface area contributed by atoms with Crippen molar-refractivity contribution in [2.75, 3.05) is 17.2 Å². The van der Waals surface area contributed by atoms with Gasteiger partial charge in [0.1, 0.15) is 17.0 Å². The molecule has 1 aliphatic carbocycles. The third kappa shape index (κ3) is 5.98. The van der Waals surface area contributed by atoms with Crippen LogP contribution in [-0.4, -0.2) is 37.9 Å². The van der Waals surface area contributed by atoms with E-state index in [0.29, 0.717) is 39.7 Å². The molecule has 1 fully saturated rings. The van der Waals surface area contributed by atoms with Gasteiger partial charge in [0.05, 0.1) is 11.9 Å². The third-order valence-corrected chi connectivity index (χ3v) is 6.65. The van der Waals surface area contributed by atoms with Crippen LogP contribution < -0.4 is 26.7 Å². The normalized spacial score (nSPS) is 13.5. The monoisotopic (exact) mass is 539 g/mol. The minimum Gasteiger partial charge on any atom is -0.484 e. The van der Waals surface area contributed by atoms with Crippen molar-refractivity contribution in [2.45, 2.75) is 38.0 Å². The number of carbonyl (C=O) groups excluding carboxylic acids is 2. The first-order valence-corrected chi connectivity index (χ1v) is 13.0. The fourth-order valence-corrected chi connectivity index (χ4v) is 4.80. The van der Waals surface area contributed by atoms with Crippen LogP contribution in [0.4, 0.5) is 17.3 Å². The van der Waals surface area contributed by atoms with Crippen molar-refractivity contribution in [2.24, 2.45) is 5.73 Å². The zero-order chi connectivity index (χ0) is 28.1. The standard InChI is InChI=1S/C29H29N7O4/c1-2-25(38)32-19-10-6-12-21(14-19)36-27-23(34-26(28(36)39)18-8-4-3-5-9-18)16-31-29(35-27)33-20-11-7-13-22(15-20)40-17-24(30)37/h2,6-7,10-16,18H,1,3-5,8-9,17H2,(H2,30,37)(H,32,38)(H,31,33,35). The Morgan fingerprint density at radius 3 is 2.62 bits per heavy atom. The molecule has 0 bridgehead atoms. The average molecular weight is 540 g/mol. The molecule has 11 nitrogen and oxygen atoms in total. The van der Waals surface area contributed by atoms with Crippen LogP contribution in [0.1, 0.15) is 43.7 Å². The summed E-state index contributed by atoms with van der Waals surface area (Å²) in [5, 5.41) is 5.86. The van der Waals surface area contributed by atoms with Crippen molar-refractivity contribution in [1.82, 2.24) is 19.5 Å². The van der Waals surface area contributed by atoms with E-state index >= 15 is 0 Å². The minimum atomic E-state index is -0.581. The van der Waals surface area contributed by atoms with E-state index < -0.39 is 5.91 Å². The molecule has 1 saturated carbocycles. The molecule has 0 saturated heterocycles. The van der Waals surface area contributed by atoms with Gasteiger partial charge in [-0.05, 0) is 49.2 Å². The van der Waals surface area contributed by atoms with Gasteiger partial charge in [0.15, 0.2) is 12.3 Å². The lowest BCUT2D eigenvalue weighted by molar-refractivity contribution is -0.120. The van der Waals surface area contributed by atoms with E-state index in [1.54, 1.807) is 54.7 Å². The van der Waals surface area contributed by atoms with Gasteiger partial charge in [-0.2, -0.15) is 4.98 Å². The fraction of sp³-hybridized carbons (Fsp3) is 0.241. The molecule has 11 heteroatoms. The molecule has 5 rings (SSSR count). The second kappa shape index (κ2) is 11.8. The molecular formula is C29H29N7O4. The lowest BCUT2D eigenvalue weighted by atomic mass is 9.87. The molecule has 4 aromatic rings. The first kappa shape index (κ1) is 26.5. The highest BCUT2D eigenvalue weighted by atomic mass is 16.5. The van der Waals surface area contributed by atoms with E-state index in [-0.39, 0.29) is 29.9 Å². The summed E-state index contributed by atoms with van der Waals surface area (Å²) in [6, 6.07) is 13.9. The van der Waals surface area contributed by atoms with Gasteiger partial charge < -0.3 is 21.1 Å². The molecule has 4 N–H and O–H groups in total. The number of nitrogens with zero attached hydrogens (tertiary/aromatic N) is 4. The van der Waals surface area contributed by atoms with Gasteiger partial charge in [-0.3, -0.25) is 19.0 Å². The summed E-state index contributed by atoms with van der Waals surface area (Å²) >= 11 is 0. The summed E-state index contributed by atoms with van der Waals surface area (Å²) in [4.78, 5) is 50.8. The number of hydrogen-bond donors (Lipinski definition) is 3. The first-order chi connectivity index (χ1) is 19.4. The number of nitrogens with two attached hydrogens (primary N) is 1. The van der Waals surface area contributed by atoms with Crippen LogP contribution in [-0.2, 0) is 9.59 Å². The van der Waals surface area contributed by atoms with Crippen molar-refractivity contribution < 1.29 is 14.3 Å². The van der Waals surface area contributed by atoms with Crippen molar-refractivity contribution in [1.29, 1.82) is 0 Å². The maximum absolute atomic E-state index is 14.0. The highest BCUT2D eigenvalue weighted by Gasteiger charge is 2.24. The van der Waals surface area contributed by atoms with Gasteiger partial charge >= 0.3 is 0 Å². The quantitative estimate of drug-likeness (QED) is 0.270. The van der Waals surface area contributed by atoms with E-state index in [9.17, 15) is 14.4 Å². The zero-order valence-electron chi connectivity index (χ0n) is 21.8. The Morgan fingerprint density at radius 2 is 1.85 bits per heavy atom. The molecule has 0 atom stereocenters. The number of ether oxygens (including phenoxy) is 1. The second-order valence-corrected chi connectivity index (χ2v) is 9.53. The molecule has 40 heavy (non-hydrogen) atoms. The smallest absolute Gasteiger partial charge is 0.278 e. The van der Waals surface area contributed by atoms with Crippen LogP contribution in [0.2, 0.25) is 0 Å². The van der Waals surface area contributed by atoms with E-state index in [1.807, 2.05) is 0 Å². The van der Waals surface area contributed by atoms with Crippen LogP contribution in [0.15, 0.2) is 72.2 Å². The molecule has 2 heterocycles. The summed E-state index contributed by atoms with van der Waals surface area (Å²) in [6.07, 6.45) is 7.82. The molecule has 0 aliphatic heterocycles. The maximum Gasteiger partial charge on any atom is 0.278 e. The van der Waals surface area contributed by atoms with Gasteiger partial charge in [0.2, 0.25) is 11.9 Å². The molecule has 0 radical (unpaired) electrons. The van der Waals surface area contributed by atoms with Crippen LogP contribution in [0.3, 0.4) is 0 Å². The van der Waals surface area contributed by atoms with Crippen molar-refractivity contribution in [3.05, 3.63) is 83.4 Å². The molecule has 2 aromatic heterocycles. The topological polar surface area (TPSA) is 154 Å². The van der Waals surface area contributed by atoms with E-state index in [0.717, 1.165) is 32.1 Å². The third-order valence-electron chi connectivity index (χ3n) is 6.65. The summed E-state index contributed by atoms with van der Waals surface area (Å²) in [5.74, 6) is -0.207. The largest absolute Gasteiger partial charge is 0.484 e. The van der Waals surface area contributed by atoms with E-state index in [4.69, 9.17) is 15.5 Å². The van der Waals surface area contributed by atoms with Crippen LogP contribution in [0.25, 0.3) is 16.9 Å². The minimum absolute atomic E-state index is 0.0569. The Bertz CT molecular complexity index is 1640. The van der Waals surface area contributed by atoms with Crippen LogP contribution in [0.5, 0.6) is 5.75 Å². The maximum atomic E-state index is 14.0. The number of amides is 2. The number of hydrogen-bond acceptors (Lipinski definition) is 8.